The number of carbonyl (C=O) groups is 2. The third-order valence-electron chi connectivity index (χ3n) is 5.33. The fourth-order valence-electron chi connectivity index (χ4n) is 3.47. The molecule has 2 unspecified atom stereocenters. The molecule has 0 bridgehead atoms. The fourth-order valence-corrected chi connectivity index (χ4v) is 4.57. The van der Waals surface area contributed by atoms with E-state index < -0.39 is 0 Å². The highest BCUT2D eigenvalue weighted by atomic mass is 32.2. The van der Waals surface area contributed by atoms with Gasteiger partial charge in [-0.2, -0.15) is 11.8 Å². The standard InChI is InChI=1S/C19H28N4O2S/c1-14-15(2)26-12-11-23(14)19(25)20-17-5-4-6-18(13-17)22-9-7-21(8-10-22)16(3)24/h4-6,13-15H,7-12H2,1-3H3,(H,20,25). The Kier molecular flexibility index (Phi) is 5.96. The highest BCUT2D eigenvalue weighted by Gasteiger charge is 2.29. The van der Waals surface area contributed by atoms with Gasteiger partial charge < -0.3 is 20.0 Å². The van der Waals surface area contributed by atoms with E-state index in [1.54, 1.807) is 6.92 Å². The summed E-state index contributed by atoms with van der Waals surface area (Å²) in [4.78, 5) is 30.2. The van der Waals surface area contributed by atoms with Crippen molar-refractivity contribution in [3.8, 4) is 0 Å². The quantitative estimate of drug-likeness (QED) is 0.862. The summed E-state index contributed by atoms with van der Waals surface area (Å²) in [5.41, 5.74) is 1.90. The number of piperazine rings is 1. The lowest BCUT2D eigenvalue weighted by molar-refractivity contribution is -0.129. The summed E-state index contributed by atoms with van der Waals surface area (Å²) in [6.07, 6.45) is 0. The summed E-state index contributed by atoms with van der Waals surface area (Å²) in [6, 6.07) is 8.19. The molecule has 6 nitrogen and oxygen atoms in total. The molecule has 0 spiro atoms. The van der Waals surface area contributed by atoms with E-state index in [2.05, 4.69) is 30.1 Å². The Morgan fingerprint density at radius 2 is 1.85 bits per heavy atom. The number of hydrogen-bond donors (Lipinski definition) is 1. The van der Waals surface area contributed by atoms with Gasteiger partial charge in [0, 0.05) is 68.1 Å². The number of amides is 3. The topological polar surface area (TPSA) is 55.9 Å². The van der Waals surface area contributed by atoms with Gasteiger partial charge in [-0.05, 0) is 25.1 Å². The van der Waals surface area contributed by atoms with Gasteiger partial charge >= 0.3 is 6.03 Å². The molecular formula is C19H28N4O2S. The zero-order valence-corrected chi connectivity index (χ0v) is 16.6. The van der Waals surface area contributed by atoms with Crippen LogP contribution in [0.1, 0.15) is 20.8 Å². The Bertz CT molecular complexity index is 661. The third kappa shape index (κ3) is 4.26. The summed E-state index contributed by atoms with van der Waals surface area (Å²) in [5, 5.41) is 3.51. The lowest BCUT2D eigenvalue weighted by Gasteiger charge is -2.37. The molecule has 7 heteroatoms. The first-order valence-corrected chi connectivity index (χ1v) is 10.3. The Morgan fingerprint density at radius 1 is 1.12 bits per heavy atom. The molecule has 3 rings (SSSR count). The van der Waals surface area contributed by atoms with Crippen LogP contribution in [-0.2, 0) is 4.79 Å². The number of urea groups is 1. The molecule has 3 amide bonds. The number of thioether (sulfide) groups is 1. The van der Waals surface area contributed by atoms with Crippen LogP contribution in [0.25, 0.3) is 0 Å². The second-order valence-electron chi connectivity index (χ2n) is 6.98. The van der Waals surface area contributed by atoms with E-state index in [4.69, 9.17) is 0 Å². The number of hydrogen-bond acceptors (Lipinski definition) is 4. The first-order valence-electron chi connectivity index (χ1n) is 9.25. The van der Waals surface area contributed by atoms with Crippen molar-refractivity contribution in [1.29, 1.82) is 0 Å². The van der Waals surface area contributed by atoms with E-state index in [0.29, 0.717) is 5.25 Å². The SMILES string of the molecule is CC(=O)N1CCN(c2cccc(NC(=O)N3CCSC(C)C3C)c2)CC1. The number of carbonyl (C=O) groups excluding carboxylic acids is 2. The third-order valence-corrected chi connectivity index (χ3v) is 6.67. The van der Waals surface area contributed by atoms with E-state index in [0.717, 1.165) is 49.9 Å². The van der Waals surface area contributed by atoms with Gasteiger partial charge in [-0.25, -0.2) is 4.79 Å². The summed E-state index contributed by atoms with van der Waals surface area (Å²) in [5.74, 6) is 1.12. The van der Waals surface area contributed by atoms with Gasteiger partial charge in [0.05, 0.1) is 0 Å². The van der Waals surface area contributed by atoms with Crippen LogP contribution in [0, 0.1) is 0 Å². The molecular weight excluding hydrogens is 348 g/mol. The molecule has 26 heavy (non-hydrogen) atoms. The average molecular weight is 377 g/mol. The maximum absolute atomic E-state index is 12.7. The lowest BCUT2D eigenvalue weighted by atomic mass is 10.2. The van der Waals surface area contributed by atoms with Crippen molar-refractivity contribution in [2.24, 2.45) is 0 Å². The highest BCUT2D eigenvalue weighted by Crippen LogP contribution is 2.26. The molecule has 2 fully saturated rings. The van der Waals surface area contributed by atoms with Gasteiger partial charge in [0.25, 0.3) is 0 Å². The predicted molar refractivity (Wildman–Crippen MR) is 108 cm³/mol. The number of nitrogens with one attached hydrogen (secondary N) is 1. The van der Waals surface area contributed by atoms with Crippen molar-refractivity contribution in [2.75, 3.05) is 48.7 Å². The van der Waals surface area contributed by atoms with E-state index in [-0.39, 0.29) is 18.0 Å². The van der Waals surface area contributed by atoms with Crippen LogP contribution in [0.2, 0.25) is 0 Å². The Hall–Kier alpha value is -1.89. The number of rotatable bonds is 2. The van der Waals surface area contributed by atoms with E-state index in [1.165, 1.54) is 0 Å². The first kappa shape index (κ1) is 18.9. The summed E-state index contributed by atoms with van der Waals surface area (Å²) in [7, 11) is 0. The number of benzene rings is 1. The smallest absolute Gasteiger partial charge is 0.322 e. The normalized spacial score (nSPS) is 23.7. The van der Waals surface area contributed by atoms with Gasteiger partial charge in [0.1, 0.15) is 0 Å². The molecule has 2 aliphatic heterocycles. The Balaban J connectivity index is 1.62. The minimum absolute atomic E-state index is 0.0248. The lowest BCUT2D eigenvalue weighted by Crippen LogP contribution is -2.49. The van der Waals surface area contributed by atoms with Crippen LogP contribution >= 0.6 is 11.8 Å². The molecule has 1 aromatic carbocycles. The summed E-state index contributed by atoms with van der Waals surface area (Å²) >= 11 is 1.92. The van der Waals surface area contributed by atoms with Crippen molar-refractivity contribution in [2.45, 2.75) is 32.1 Å². The fraction of sp³-hybridized carbons (Fsp3) is 0.579. The van der Waals surface area contributed by atoms with Crippen molar-refractivity contribution in [3.63, 3.8) is 0 Å². The molecule has 2 heterocycles. The molecule has 0 saturated carbocycles. The number of nitrogens with zero attached hydrogens (tertiary/aromatic N) is 3. The zero-order chi connectivity index (χ0) is 18.7. The van der Waals surface area contributed by atoms with E-state index in [9.17, 15) is 9.59 Å². The molecule has 0 radical (unpaired) electrons. The monoisotopic (exact) mass is 376 g/mol. The summed E-state index contributed by atoms with van der Waals surface area (Å²) in [6.45, 7) is 9.81. The van der Waals surface area contributed by atoms with Crippen molar-refractivity contribution in [1.82, 2.24) is 9.80 Å². The second-order valence-corrected chi connectivity index (χ2v) is 8.47. The average Bonchev–Trinajstić information content (AvgIpc) is 2.64. The van der Waals surface area contributed by atoms with Crippen LogP contribution < -0.4 is 10.2 Å². The first-order chi connectivity index (χ1) is 12.5. The maximum atomic E-state index is 12.7. The van der Waals surface area contributed by atoms with Gasteiger partial charge in [0.15, 0.2) is 0 Å². The van der Waals surface area contributed by atoms with Crippen LogP contribution in [-0.4, -0.2) is 71.5 Å². The second kappa shape index (κ2) is 8.20. The largest absolute Gasteiger partial charge is 0.368 e. The van der Waals surface area contributed by atoms with E-state index >= 15 is 0 Å². The van der Waals surface area contributed by atoms with Crippen molar-refractivity contribution in [3.05, 3.63) is 24.3 Å². The minimum Gasteiger partial charge on any atom is -0.368 e. The van der Waals surface area contributed by atoms with Gasteiger partial charge in [-0.15, -0.1) is 0 Å². The van der Waals surface area contributed by atoms with Crippen LogP contribution in [0.5, 0.6) is 0 Å². The summed E-state index contributed by atoms with van der Waals surface area (Å²) < 4.78 is 0. The molecule has 1 aromatic rings. The Labute approximate surface area is 159 Å². The predicted octanol–water partition coefficient (Wildman–Crippen LogP) is 2.71. The zero-order valence-electron chi connectivity index (χ0n) is 15.8. The molecule has 142 valence electrons. The van der Waals surface area contributed by atoms with Crippen LogP contribution in [0.4, 0.5) is 16.2 Å². The maximum Gasteiger partial charge on any atom is 0.322 e. The number of anilines is 2. The van der Waals surface area contributed by atoms with Crippen molar-refractivity contribution < 1.29 is 9.59 Å². The molecule has 2 saturated heterocycles. The van der Waals surface area contributed by atoms with Crippen LogP contribution in [0.15, 0.2) is 24.3 Å². The van der Waals surface area contributed by atoms with Gasteiger partial charge in [-0.1, -0.05) is 13.0 Å². The highest BCUT2D eigenvalue weighted by molar-refractivity contribution is 8.00. The van der Waals surface area contributed by atoms with Crippen molar-refractivity contribution >= 4 is 35.1 Å². The molecule has 0 aliphatic carbocycles. The molecule has 1 N–H and O–H groups in total. The van der Waals surface area contributed by atoms with Gasteiger partial charge in [-0.3, -0.25) is 4.79 Å². The molecule has 2 aliphatic rings. The molecule has 2 atom stereocenters. The van der Waals surface area contributed by atoms with Crippen LogP contribution in [0.3, 0.4) is 0 Å². The molecule has 0 aromatic heterocycles. The minimum atomic E-state index is -0.0248. The van der Waals surface area contributed by atoms with E-state index in [1.807, 2.05) is 39.8 Å². The Morgan fingerprint density at radius 3 is 2.54 bits per heavy atom. The van der Waals surface area contributed by atoms with Gasteiger partial charge in [0.2, 0.25) is 5.91 Å².